The maximum absolute atomic E-state index is 4.54. The fourth-order valence-electron chi connectivity index (χ4n) is 1.78. The monoisotopic (exact) mass is 204 g/mol. The number of hydrogen-bond acceptors (Lipinski definition) is 2. The minimum absolute atomic E-state index is 0.212. The van der Waals surface area contributed by atoms with Gasteiger partial charge in [-0.05, 0) is 42.5 Å². The van der Waals surface area contributed by atoms with Crippen molar-refractivity contribution >= 4 is 0 Å². The summed E-state index contributed by atoms with van der Waals surface area (Å²) in [6.07, 6.45) is 3.15. The fraction of sp³-hybridized carbons (Fsp3) is 0.615. The van der Waals surface area contributed by atoms with E-state index in [4.69, 9.17) is 0 Å². The van der Waals surface area contributed by atoms with Crippen molar-refractivity contribution in [3.63, 3.8) is 0 Å². The van der Waals surface area contributed by atoms with Crippen LogP contribution in [0.2, 0.25) is 0 Å². The maximum Gasteiger partial charge on any atom is 0.0407 e. The molecule has 2 rings (SSSR count). The summed E-state index contributed by atoms with van der Waals surface area (Å²) in [6.45, 7) is 8.98. The molecular weight excluding hydrogens is 184 g/mol. The van der Waals surface area contributed by atoms with Crippen LogP contribution in [0.5, 0.6) is 0 Å². The Morgan fingerprint density at radius 3 is 2.47 bits per heavy atom. The molecule has 1 fully saturated rings. The van der Waals surface area contributed by atoms with E-state index in [1.807, 2.05) is 6.20 Å². The lowest BCUT2D eigenvalue weighted by molar-refractivity contribution is 0.344. The second-order valence-electron chi connectivity index (χ2n) is 5.52. The van der Waals surface area contributed by atoms with Crippen LogP contribution in [0.4, 0.5) is 0 Å². The van der Waals surface area contributed by atoms with Gasteiger partial charge < -0.3 is 5.32 Å². The molecule has 1 aliphatic rings. The number of nitrogens with zero attached hydrogens (tertiary/aromatic N) is 1. The zero-order chi connectivity index (χ0) is 10.9. The number of pyridine rings is 1. The number of rotatable bonds is 2. The van der Waals surface area contributed by atoms with Crippen LogP contribution >= 0.6 is 0 Å². The summed E-state index contributed by atoms with van der Waals surface area (Å²) in [6, 6.07) is 4.40. The third-order valence-corrected chi connectivity index (χ3v) is 3.05. The Kier molecular flexibility index (Phi) is 2.79. The predicted molar refractivity (Wildman–Crippen MR) is 63.0 cm³/mol. The zero-order valence-corrected chi connectivity index (χ0v) is 9.88. The van der Waals surface area contributed by atoms with Crippen molar-refractivity contribution in [1.29, 1.82) is 0 Å². The summed E-state index contributed by atoms with van der Waals surface area (Å²) in [5, 5.41) is 3.29. The molecule has 0 atom stereocenters. The standard InChI is InChI=1S/C13H20N2/c1-13(2,3)11-4-5-12(15-9-11)6-10-7-14-8-10/h4-5,9-10,14H,6-8H2,1-3H3. The largest absolute Gasteiger partial charge is 0.316 e. The van der Waals surface area contributed by atoms with Crippen LogP contribution in [0.15, 0.2) is 18.3 Å². The average molecular weight is 204 g/mol. The summed E-state index contributed by atoms with van der Waals surface area (Å²) in [5.74, 6) is 0.804. The van der Waals surface area contributed by atoms with Crippen molar-refractivity contribution < 1.29 is 0 Å². The molecule has 0 aromatic carbocycles. The average Bonchev–Trinajstić information content (AvgIpc) is 2.11. The predicted octanol–water partition coefficient (Wildman–Crippen LogP) is 2.14. The van der Waals surface area contributed by atoms with E-state index >= 15 is 0 Å². The van der Waals surface area contributed by atoms with Gasteiger partial charge in [-0.25, -0.2) is 0 Å². The highest BCUT2D eigenvalue weighted by atomic mass is 14.9. The van der Waals surface area contributed by atoms with Crippen LogP contribution in [0, 0.1) is 5.92 Å². The van der Waals surface area contributed by atoms with E-state index in [0.29, 0.717) is 0 Å². The maximum atomic E-state index is 4.54. The second-order valence-corrected chi connectivity index (χ2v) is 5.52. The molecule has 15 heavy (non-hydrogen) atoms. The second kappa shape index (κ2) is 3.93. The Bertz CT molecular complexity index is 317. The van der Waals surface area contributed by atoms with Crippen molar-refractivity contribution in [2.75, 3.05) is 13.1 Å². The normalized spacial score (nSPS) is 17.5. The van der Waals surface area contributed by atoms with Gasteiger partial charge in [0.05, 0.1) is 0 Å². The summed E-state index contributed by atoms with van der Waals surface area (Å²) < 4.78 is 0. The molecule has 0 saturated carbocycles. The quantitative estimate of drug-likeness (QED) is 0.798. The minimum atomic E-state index is 0.212. The molecule has 1 N–H and O–H groups in total. The SMILES string of the molecule is CC(C)(C)c1ccc(CC2CNC2)nc1. The third kappa shape index (κ3) is 2.57. The first-order chi connectivity index (χ1) is 7.05. The molecule has 0 radical (unpaired) electrons. The van der Waals surface area contributed by atoms with Crippen LogP contribution in [0.3, 0.4) is 0 Å². The minimum Gasteiger partial charge on any atom is -0.316 e. The Labute approximate surface area is 92.1 Å². The molecule has 0 unspecified atom stereocenters. The van der Waals surface area contributed by atoms with Gasteiger partial charge >= 0.3 is 0 Å². The summed E-state index contributed by atoms with van der Waals surface area (Å²) in [7, 11) is 0. The first-order valence-corrected chi connectivity index (χ1v) is 5.72. The van der Waals surface area contributed by atoms with E-state index in [1.165, 1.54) is 11.3 Å². The van der Waals surface area contributed by atoms with Crippen molar-refractivity contribution in [3.05, 3.63) is 29.6 Å². The van der Waals surface area contributed by atoms with Gasteiger partial charge in [-0.1, -0.05) is 26.8 Å². The van der Waals surface area contributed by atoms with E-state index in [0.717, 1.165) is 25.4 Å². The van der Waals surface area contributed by atoms with Crippen molar-refractivity contribution in [2.45, 2.75) is 32.6 Å². The van der Waals surface area contributed by atoms with Gasteiger partial charge in [-0.15, -0.1) is 0 Å². The Balaban J connectivity index is 2.03. The van der Waals surface area contributed by atoms with E-state index in [9.17, 15) is 0 Å². The topological polar surface area (TPSA) is 24.9 Å². The molecule has 2 heterocycles. The van der Waals surface area contributed by atoms with Crippen LogP contribution in [0.1, 0.15) is 32.0 Å². The fourth-order valence-corrected chi connectivity index (χ4v) is 1.78. The van der Waals surface area contributed by atoms with E-state index < -0.39 is 0 Å². The van der Waals surface area contributed by atoms with Crippen LogP contribution < -0.4 is 5.32 Å². The zero-order valence-electron chi connectivity index (χ0n) is 9.88. The third-order valence-electron chi connectivity index (χ3n) is 3.05. The van der Waals surface area contributed by atoms with Gasteiger partial charge in [-0.2, -0.15) is 0 Å². The van der Waals surface area contributed by atoms with E-state index in [1.54, 1.807) is 0 Å². The lowest BCUT2D eigenvalue weighted by atomic mass is 9.88. The van der Waals surface area contributed by atoms with E-state index in [2.05, 4.69) is 43.2 Å². The lowest BCUT2D eigenvalue weighted by Gasteiger charge is -2.27. The van der Waals surface area contributed by atoms with Gasteiger partial charge in [0.2, 0.25) is 0 Å². The summed E-state index contributed by atoms with van der Waals surface area (Å²) in [5.41, 5.74) is 2.76. The molecule has 1 aliphatic heterocycles. The van der Waals surface area contributed by atoms with Gasteiger partial charge in [0.15, 0.2) is 0 Å². The van der Waals surface area contributed by atoms with Gasteiger partial charge in [0.25, 0.3) is 0 Å². The Morgan fingerprint density at radius 1 is 1.33 bits per heavy atom. The molecule has 1 saturated heterocycles. The first kappa shape index (κ1) is 10.6. The summed E-state index contributed by atoms with van der Waals surface area (Å²) >= 11 is 0. The Hall–Kier alpha value is -0.890. The van der Waals surface area contributed by atoms with Gasteiger partial charge in [0.1, 0.15) is 0 Å². The highest BCUT2D eigenvalue weighted by Crippen LogP contribution is 2.21. The summed E-state index contributed by atoms with van der Waals surface area (Å²) in [4.78, 5) is 4.54. The van der Waals surface area contributed by atoms with Crippen molar-refractivity contribution in [3.8, 4) is 0 Å². The highest BCUT2D eigenvalue weighted by molar-refractivity contribution is 5.21. The van der Waals surface area contributed by atoms with Crippen LogP contribution in [-0.4, -0.2) is 18.1 Å². The Morgan fingerprint density at radius 2 is 2.07 bits per heavy atom. The lowest BCUT2D eigenvalue weighted by Crippen LogP contribution is -2.43. The van der Waals surface area contributed by atoms with Crippen LogP contribution in [0.25, 0.3) is 0 Å². The molecule has 82 valence electrons. The van der Waals surface area contributed by atoms with Gasteiger partial charge in [-0.3, -0.25) is 4.98 Å². The molecule has 0 aliphatic carbocycles. The smallest absolute Gasteiger partial charge is 0.0407 e. The molecule has 1 aromatic heterocycles. The van der Waals surface area contributed by atoms with Gasteiger partial charge in [0, 0.05) is 11.9 Å². The first-order valence-electron chi connectivity index (χ1n) is 5.72. The van der Waals surface area contributed by atoms with Crippen molar-refractivity contribution in [2.24, 2.45) is 5.92 Å². The van der Waals surface area contributed by atoms with E-state index in [-0.39, 0.29) is 5.41 Å². The molecular formula is C13H20N2. The number of nitrogens with one attached hydrogen (secondary N) is 1. The molecule has 2 heteroatoms. The molecule has 1 aromatic rings. The molecule has 0 amide bonds. The molecule has 0 spiro atoms. The molecule has 2 nitrogen and oxygen atoms in total. The van der Waals surface area contributed by atoms with Crippen molar-refractivity contribution in [1.82, 2.24) is 10.3 Å². The highest BCUT2D eigenvalue weighted by Gasteiger charge is 2.18. The number of hydrogen-bond donors (Lipinski definition) is 1. The van der Waals surface area contributed by atoms with Crippen LogP contribution in [-0.2, 0) is 11.8 Å². The molecule has 0 bridgehead atoms. The number of aromatic nitrogens is 1.